The number of phenolic OH excluding ortho intramolecular Hbond substituents is 1. The highest BCUT2D eigenvalue weighted by molar-refractivity contribution is 6.59. The van der Waals surface area contributed by atoms with Crippen molar-refractivity contribution in [1.82, 2.24) is 16.0 Å². The van der Waals surface area contributed by atoms with Crippen LogP contribution in [0.15, 0.2) is 54.6 Å². The minimum Gasteiger partial charge on any atom is -0.508 e. The van der Waals surface area contributed by atoms with E-state index in [1.165, 1.54) is 24.3 Å². The number of carbonyl (C=O) groups is 5. The van der Waals surface area contributed by atoms with Gasteiger partial charge in [0.15, 0.2) is 0 Å². The van der Waals surface area contributed by atoms with Gasteiger partial charge in [0.25, 0.3) is 0 Å². The summed E-state index contributed by atoms with van der Waals surface area (Å²) in [5, 5.41) is 17.4. The van der Waals surface area contributed by atoms with E-state index in [2.05, 4.69) is 20.7 Å². The molecule has 0 aliphatic heterocycles. The van der Waals surface area contributed by atoms with Crippen LogP contribution in [0, 0.1) is 11.8 Å². The highest BCUT2D eigenvalue weighted by atomic mass is 16.5. The number of phenols is 1. The van der Waals surface area contributed by atoms with Crippen molar-refractivity contribution in [3.8, 4) is 5.75 Å². The lowest BCUT2D eigenvalue weighted by atomic mass is 9.97. The van der Waals surface area contributed by atoms with Gasteiger partial charge in [-0.15, -0.1) is 0 Å². The van der Waals surface area contributed by atoms with Crippen LogP contribution < -0.4 is 16.0 Å². The SMILES string of the molecule is CC(C)C[C@H](NC(=O)OCc1ccccc1)C(=O)N[C@@H](CC(C)C)C(=O)N[C@@H](Cc1ccc(O)cc1)C(=O)C(=O)C=[N+]=[N-]. The third kappa shape index (κ3) is 12.3. The van der Waals surface area contributed by atoms with Gasteiger partial charge in [-0.3, -0.25) is 19.2 Å². The zero-order valence-corrected chi connectivity index (χ0v) is 24.8. The molecule has 0 aliphatic carbocycles. The Labute approximate surface area is 250 Å². The predicted octanol–water partition coefficient (Wildman–Crippen LogP) is 2.73. The molecule has 0 fully saturated rings. The molecule has 3 atom stereocenters. The fraction of sp³-hybridized carbons (Fsp3) is 0.419. The Kier molecular flexibility index (Phi) is 13.7. The van der Waals surface area contributed by atoms with Gasteiger partial charge in [-0.1, -0.05) is 70.2 Å². The second kappa shape index (κ2) is 17.2. The van der Waals surface area contributed by atoms with Crippen LogP contribution in [-0.4, -0.2) is 63.7 Å². The molecule has 2 aromatic rings. The number of Topliss-reactive ketones (excluding diaryl/α,β-unsaturated/α-hetero) is 2. The number of aromatic hydroxyl groups is 1. The summed E-state index contributed by atoms with van der Waals surface area (Å²) in [5.41, 5.74) is 10.0. The van der Waals surface area contributed by atoms with Crippen LogP contribution in [0.1, 0.15) is 51.7 Å². The molecule has 43 heavy (non-hydrogen) atoms. The number of amides is 3. The van der Waals surface area contributed by atoms with Gasteiger partial charge in [-0.05, 0) is 47.9 Å². The van der Waals surface area contributed by atoms with Crippen LogP contribution >= 0.6 is 0 Å². The summed E-state index contributed by atoms with van der Waals surface area (Å²) in [6.07, 6.45) is -0.0121. The fourth-order valence-electron chi connectivity index (χ4n) is 4.22. The first-order valence-electron chi connectivity index (χ1n) is 14.0. The van der Waals surface area contributed by atoms with Crippen LogP contribution in [0.25, 0.3) is 5.53 Å². The highest BCUT2D eigenvalue weighted by Crippen LogP contribution is 2.14. The summed E-state index contributed by atoms with van der Waals surface area (Å²) in [4.78, 5) is 67.0. The van der Waals surface area contributed by atoms with Crippen LogP contribution in [0.2, 0.25) is 0 Å². The van der Waals surface area contributed by atoms with Crippen molar-refractivity contribution in [1.29, 1.82) is 0 Å². The smallest absolute Gasteiger partial charge is 0.408 e. The Morgan fingerprint density at radius 3 is 1.86 bits per heavy atom. The van der Waals surface area contributed by atoms with Crippen LogP contribution in [0.3, 0.4) is 0 Å². The number of ketones is 2. The third-order valence-electron chi connectivity index (χ3n) is 6.30. The zero-order valence-electron chi connectivity index (χ0n) is 24.8. The number of ether oxygens (including phenoxy) is 1. The molecule has 4 N–H and O–H groups in total. The van der Waals surface area contributed by atoms with Crippen molar-refractivity contribution >= 4 is 35.7 Å². The number of nitrogens with one attached hydrogen (secondary N) is 3. The molecule has 2 aromatic carbocycles. The van der Waals surface area contributed by atoms with Gasteiger partial charge in [0.2, 0.25) is 17.6 Å². The van der Waals surface area contributed by atoms with E-state index in [4.69, 9.17) is 10.3 Å². The lowest BCUT2D eigenvalue weighted by Gasteiger charge is -2.26. The lowest BCUT2D eigenvalue weighted by Crippen LogP contribution is -2.57. The Morgan fingerprint density at radius 1 is 0.791 bits per heavy atom. The molecule has 12 heteroatoms. The molecule has 12 nitrogen and oxygen atoms in total. The minimum absolute atomic E-state index is 0.00706. The second-order valence-corrected chi connectivity index (χ2v) is 11.0. The molecule has 3 amide bonds. The minimum atomic E-state index is -1.35. The van der Waals surface area contributed by atoms with E-state index in [1.54, 1.807) is 12.1 Å². The number of hydrogen-bond acceptors (Lipinski definition) is 7. The number of hydrogen-bond donors (Lipinski definition) is 4. The van der Waals surface area contributed by atoms with E-state index in [1.807, 2.05) is 45.9 Å². The van der Waals surface area contributed by atoms with E-state index >= 15 is 0 Å². The van der Waals surface area contributed by atoms with E-state index in [0.29, 0.717) is 11.8 Å². The molecule has 2 rings (SSSR count). The Balaban J connectivity index is 2.20. The van der Waals surface area contributed by atoms with Crippen molar-refractivity contribution in [2.24, 2.45) is 11.8 Å². The maximum absolute atomic E-state index is 13.5. The first-order chi connectivity index (χ1) is 20.4. The van der Waals surface area contributed by atoms with Gasteiger partial charge in [-0.2, -0.15) is 4.79 Å². The molecular formula is C31H39N5O7. The molecule has 0 saturated heterocycles. The van der Waals surface area contributed by atoms with E-state index in [9.17, 15) is 29.1 Å². The van der Waals surface area contributed by atoms with Crippen molar-refractivity contribution in [2.75, 3.05) is 0 Å². The third-order valence-corrected chi connectivity index (χ3v) is 6.30. The average Bonchev–Trinajstić information content (AvgIpc) is 2.95. The molecule has 0 spiro atoms. The molecule has 0 heterocycles. The van der Waals surface area contributed by atoms with Crippen molar-refractivity contribution in [3.05, 3.63) is 71.3 Å². The number of carbonyl (C=O) groups excluding carboxylic acids is 5. The van der Waals surface area contributed by atoms with Gasteiger partial charge in [-0.25, -0.2) is 4.79 Å². The topological polar surface area (TPSA) is 187 Å². The molecule has 0 unspecified atom stereocenters. The summed E-state index contributed by atoms with van der Waals surface area (Å²) < 4.78 is 5.27. The molecule has 0 radical (unpaired) electrons. The number of nitrogens with zero attached hydrogens (tertiary/aromatic N) is 2. The maximum Gasteiger partial charge on any atom is 0.408 e. The summed E-state index contributed by atoms with van der Waals surface area (Å²) in [6.45, 7) is 7.45. The molecule has 230 valence electrons. The molecule has 0 bridgehead atoms. The predicted molar refractivity (Wildman–Crippen MR) is 158 cm³/mol. The van der Waals surface area contributed by atoms with Crippen LogP contribution in [0.4, 0.5) is 4.79 Å². The summed E-state index contributed by atoms with van der Waals surface area (Å²) in [5.74, 6) is -3.56. The van der Waals surface area contributed by atoms with Gasteiger partial charge < -0.3 is 31.3 Å². The summed E-state index contributed by atoms with van der Waals surface area (Å²) >= 11 is 0. The molecule has 0 aromatic heterocycles. The van der Waals surface area contributed by atoms with E-state index < -0.39 is 47.6 Å². The zero-order chi connectivity index (χ0) is 31.9. The molecular weight excluding hydrogens is 554 g/mol. The normalized spacial score (nSPS) is 12.8. The number of benzene rings is 2. The summed E-state index contributed by atoms with van der Waals surface area (Å²) in [6, 6.07) is 11.4. The monoisotopic (exact) mass is 593 g/mol. The van der Waals surface area contributed by atoms with Crippen LogP contribution in [-0.2, 0) is 36.9 Å². The Hall–Kier alpha value is -4.83. The lowest BCUT2D eigenvalue weighted by molar-refractivity contribution is -0.137. The molecule has 0 aliphatic rings. The Bertz CT molecular complexity index is 1310. The summed E-state index contributed by atoms with van der Waals surface area (Å²) in [7, 11) is 0. The standard InChI is InChI=1S/C31H39N5O7/c1-19(2)14-25(29(40)34-24(28(39)27(38)17-33-32)16-21-10-12-23(37)13-11-21)35-30(41)26(15-20(3)4)36-31(42)43-18-22-8-6-5-7-9-22/h5-13,17,19-20,24-26,37H,14-16,18H2,1-4H3,(H,34,40)(H,35,41)(H,36,42)/t24-,25-,26-/m0/s1. The van der Waals surface area contributed by atoms with E-state index in [0.717, 1.165) is 5.56 Å². The first kappa shape index (κ1) is 34.4. The number of rotatable bonds is 16. The van der Waals surface area contributed by atoms with Gasteiger partial charge >= 0.3 is 18.1 Å². The molecule has 0 saturated carbocycles. The largest absolute Gasteiger partial charge is 0.508 e. The maximum atomic E-state index is 13.5. The average molecular weight is 594 g/mol. The van der Waals surface area contributed by atoms with Crippen molar-refractivity contribution < 1.29 is 38.6 Å². The van der Waals surface area contributed by atoms with Gasteiger partial charge in [0.1, 0.15) is 30.5 Å². The fourth-order valence-corrected chi connectivity index (χ4v) is 4.22. The van der Waals surface area contributed by atoms with Gasteiger partial charge in [0.05, 0.1) is 0 Å². The second-order valence-electron chi connectivity index (χ2n) is 11.0. The van der Waals surface area contributed by atoms with Crippen LogP contribution in [0.5, 0.6) is 5.75 Å². The highest BCUT2D eigenvalue weighted by Gasteiger charge is 2.33. The van der Waals surface area contributed by atoms with Crippen molar-refractivity contribution in [3.63, 3.8) is 0 Å². The van der Waals surface area contributed by atoms with Gasteiger partial charge in [0, 0.05) is 6.42 Å². The first-order valence-corrected chi connectivity index (χ1v) is 14.0. The Morgan fingerprint density at radius 2 is 1.33 bits per heavy atom. The van der Waals surface area contributed by atoms with Crippen molar-refractivity contribution in [2.45, 2.75) is 71.7 Å². The van der Waals surface area contributed by atoms with E-state index in [-0.39, 0.29) is 43.5 Å². The quantitative estimate of drug-likeness (QED) is 0.0996. The number of alkyl carbamates (subject to hydrolysis) is 1.